The average molecular weight is 712 g/mol. The highest BCUT2D eigenvalue weighted by molar-refractivity contribution is 6.13. The number of allylic oxidation sites excluding steroid dienone is 2. The highest BCUT2D eigenvalue weighted by Gasteiger charge is 2.70. The number of fused-ring (bicyclic) bond motifs is 5. The normalized spacial score (nSPS) is 26.4. The molecule has 3 fully saturated rings. The number of hydrazine groups is 1. The largest absolute Gasteiger partial charge is 0.508 e. The number of unbranched alkanes of at least 4 members (excludes halogenated alkanes) is 2. The van der Waals surface area contributed by atoms with Crippen molar-refractivity contribution in [2.75, 3.05) is 12.0 Å². The SMILES string of the molecule is Cc1ccc(NN2C(=O)C3CC4C(=CCC5C(=O)N(CCCCCC(=O)O)C(=O)C54)C(c4c(O)ccc5ccccc45)C3(c3ccccc3)C2=O)cc1. The standard InChI is InChI=1S/C43H41N3O7/c1-25-15-18-28(19-16-25)44-46-40(51)33-24-32-30(20-21-31-36(32)41(52)45(39(31)50)23-9-3-6-14-35(48)49)38(43(33,42(46)53)27-11-4-2-5-12-27)37-29-13-8-7-10-26(29)17-22-34(37)47/h2,4-5,7-8,10-13,15-20,22,31-33,36,38,44,47H,3,6,9,14,21,23-24H2,1H3,(H,48,49). The number of carboxylic acid groups (broad SMARTS) is 1. The summed E-state index contributed by atoms with van der Waals surface area (Å²) < 4.78 is 0. The fourth-order valence-electron chi connectivity index (χ4n) is 9.66. The quantitative estimate of drug-likeness (QED) is 0.0963. The Morgan fingerprint density at radius 2 is 1.57 bits per heavy atom. The first-order chi connectivity index (χ1) is 25.6. The minimum absolute atomic E-state index is 0.0200. The third kappa shape index (κ3) is 5.42. The van der Waals surface area contributed by atoms with Crippen molar-refractivity contribution in [2.24, 2.45) is 23.7 Å². The molecule has 10 nitrogen and oxygen atoms in total. The van der Waals surface area contributed by atoms with E-state index in [2.05, 4.69) is 5.43 Å². The molecule has 0 spiro atoms. The van der Waals surface area contributed by atoms with Gasteiger partial charge in [-0.15, -0.1) is 0 Å². The summed E-state index contributed by atoms with van der Waals surface area (Å²) >= 11 is 0. The Hall–Kier alpha value is -5.77. The number of anilines is 1. The minimum Gasteiger partial charge on any atom is -0.508 e. The summed E-state index contributed by atoms with van der Waals surface area (Å²) in [5.41, 5.74) is 5.13. The molecule has 2 saturated heterocycles. The Bertz CT molecular complexity index is 2180. The van der Waals surface area contributed by atoms with E-state index in [9.17, 15) is 24.3 Å². The van der Waals surface area contributed by atoms with Crippen LogP contribution in [0.4, 0.5) is 5.69 Å². The molecule has 1 saturated carbocycles. The number of nitrogens with one attached hydrogen (secondary N) is 1. The maximum absolute atomic E-state index is 15.4. The lowest BCUT2D eigenvalue weighted by Crippen LogP contribution is -2.53. The molecule has 4 aliphatic rings. The number of hydrogen-bond acceptors (Lipinski definition) is 7. The summed E-state index contributed by atoms with van der Waals surface area (Å²) in [6.45, 7) is 2.15. The van der Waals surface area contributed by atoms with E-state index in [0.29, 0.717) is 36.1 Å². The number of phenolic OH excluding ortho intramolecular Hbond substituents is 1. The van der Waals surface area contributed by atoms with E-state index < -0.39 is 52.8 Å². The van der Waals surface area contributed by atoms with Crippen LogP contribution in [0.3, 0.4) is 0 Å². The van der Waals surface area contributed by atoms with Crippen molar-refractivity contribution < 1.29 is 34.2 Å². The lowest BCUT2D eigenvalue weighted by molar-refractivity contribution is -0.141. The van der Waals surface area contributed by atoms with E-state index in [0.717, 1.165) is 26.9 Å². The molecule has 6 unspecified atom stereocenters. The Labute approximate surface area is 307 Å². The number of hydrogen-bond donors (Lipinski definition) is 3. The summed E-state index contributed by atoms with van der Waals surface area (Å²) in [5, 5.41) is 23.6. The third-order valence-electron chi connectivity index (χ3n) is 12.0. The first-order valence-corrected chi connectivity index (χ1v) is 18.4. The van der Waals surface area contributed by atoms with E-state index >= 15 is 4.79 Å². The van der Waals surface area contributed by atoms with Gasteiger partial charge in [-0.25, -0.2) is 0 Å². The molecule has 2 aliphatic carbocycles. The Balaban J connectivity index is 1.29. The zero-order valence-corrected chi connectivity index (χ0v) is 29.4. The van der Waals surface area contributed by atoms with Crippen LogP contribution in [0.5, 0.6) is 5.75 Å². The zero-order valence-electron chi connectivity index (χ0n) is 29.4. The predicted octanol–water partition coefficient (Wildman–Crippen LogP) is 6.48. The summed E-state index contributed by atoms with van der Waals surface area (Å²) in [4.78, 5) is 70.9. The van der Waals surface area contributed by atoms with E-state index in [1.807, 2.05) is 97.9 Å². The van der Waals surface area contributed by atoms with E-state index in [1.165, 1.54) is 4.90 Å². The van der Waals surface area contributed by atoms with Crippen LogP contribution in [0.15, 0.2) is 103 Å². The Morgan fingerprint density at radius 3 is 2.32 bits per heavy atom. The molecule has 0 bridgehead atoms. The lowest BCUT2D eigenvalue weighted by Gasteiger charge is -2.51. The van der Waals surface area contributed by atoms with Crippen LogP contribution < -0.4 is 5.43 Å². The van der Waals surface area contributed by atoms with E-state index in [4.69, 9.17) is 5.11 Å². The highest BCUT2D eigenvalue weighted by Crippen LogP contribution is 2.65. The van der Waals surface area contributed by atoms with Crippen molar-refractivity contribution in [2.45, 2.75) is 56.8 Å². The molecule has 4 amide bonds. The van der Waals surface area contributed by atoms with Gasteiger partial charge in [-0.1, -0.05) is 96.4 Å². The topological polar surface area (TPSA) is 144 Å². The van der Waals surface area contributed by atoms with Crippen molar-refractivity contribution in [1.29, 1.82) is 0 Å². The average Bonchev–Trinajstić information content (AvgIpc) is 3.53. The van der Waals surface area contributed by atoms with Gasteiger partial charge in [0.1, 0.15) is 5.75 Å². The molecule has 3 N–H and O–H groups in total. The number of rotatable bonds is 10. The second-order valence-corrected chi connectivity index (χ2v) is 14.8. The third-order valence-corrected chi connectivity index (χ3v) is 12.0. The summed E-state index contributed by atoms with van der Waals surface area (Å²) in [6.07, 6.45) is 3.97. The fourth-order valence-corrected chi connectivity index (χ4v) is 9.66. The zero-order chi connectivity index (χ0) is 37.0. The van der Waals surface area contributed by atoms with Crippen LogP contribution in [-0.4, -0.2) is 56.3 Å². The number of aryl methyl sites for hydroxylation is 1. The predicted molar refractivity (Wildman–Crippen MR) is 197 cm³/mol. The summed E-state index contributed by atoms with van der Waals surface area (Å²) in [7, 11) is 0. The smallest absolute Gasteiger partial charge is 0.303 e. The first kappa shape index (κ1) is 34.3. The van der Waals surface area contributed by atoms with Crippen LogP contribution in [0.1, 0.15) is 61.1 Å². The molecule has 2 heterocycles. The first-order valence-electron chi connectivity index (χ1n) is 18.4. The van der Waals surface area contributed by atoms with Crippen molar-refractivity contribution >= 4 is 46.1 Å². The van der Waals surface area contributed by atoms with E-state index in [-0.39, 0.29) is 43.4 Å². The van der Waals surface area contributed by atoms with Gasteiger partial charge < -0.3 is 10.2 Å². The van der Waals surface area contributed by atoms with Gasteiger partial charge in [0.05, 0.1) is 28.9 Å². The van der Waals surface area contributed by atoms with Crippen molar-refractivity contribution in [3.8, 4) is 5.75 Å². The van der Waals surface area contributed by atoms with Crippen LogP contribution in [0.2, 0.25) is 0 Å². The number of nitrogens with zero attached hydrogens (tertiary/aromatic N) is 2. The number of phenols is 1. The number of benzene rings is 4. The molecular weight excluding hydrogens is 670 g/mol. The molecule has 270 valence electrons. The lowest BCUT2D eigenvalue weighted by atomic mass is 9.48. The molecule has 2 aliphatic heterocycles. The molecule has 6 atom stereocenters. The number of likely N-dealkylation sites (tertiary alicyclic amines) is 1. The molecule has 53 heavy (non-hydrogen) atoms. The highest BCUT2D eigenvalue weighted by atomic mass is 16.4. The molecule has 0 radical (unpaired) electrons. The Morgan fingerprint density at radius 1 is 0.830 bits per heavy atom. The second-order valence-electron chi connectivity index (χ2n) is 14.8. The number of imide groups is 2. The number of amides is 4. The van der Waals surface area contributed by atoms with Gasteiger partial charge in [0.15, 0.2) is 0 Å². The maximum Gasteiger partial charge on any atom is 0.303 e. The van der Waals surface area contributed by atoms with Gasteiger partial charge in [0.2, 0.25) is 11.8 Å². The van der Waals surface area contributed by atoms with Crippen LogP contribution >= 0.6 is 0 Å². The van der Waals surface area contributed by atoms with Crippen molar-refractivity contribution in [3.63, 3.8) is 0 Å². The monoisotopic (exact) mass is 711 g/mol. The van der Waals surface area contributed by atoms with Gasteiger partial charge in [0, 0.05) is 24.4 Å². The molecule has 10 heteroatoms. The van der Waals surface area contributed by atoms with Gasteiger partial charge in [-0.3, -0.25) is 34.3 Å². The fraction of sp³-hybridized carbons (Fsp3) is 0.326. The van der Waals surface area contributed by atoms with E-state index in [1.54, 1.807) is 6.07 Å². The van der Waals surface area contributed by atoms with Gasteiger partial charge in [0.25, 0.3) is 11.8 Å². The molecular formula is C43H41N3O7. The minimum atomic E-state index is -1.50. The van der Waals surface area contributed by atoms with Crippen molar-refractivity contribution in [1.82, 2.24) is 9.91 Å². The number of carboxylic acids is 1. The molecule has 4 aromatic carbocycles. The maximum atomic E-state index is 15.4. The number of carbonyl (C=O) groups excluding carboxylic acids is 4. The molecule has 4 aromatic rings. The molecule has 0 aromatic heterocycles. The van der Waals surface area contributed by atoms with Crippen LogP contribution in [0, 0.1) is 30.6 Å². The summed E-state index contributed by atoms with van der Waals surface area (Å²) in [5.74, 6) is -6.03. The number of carbonyl (C=O) groups is 5. The van der Waals surface area contributed by atoms with Crippen LogP contribution in [-0.2, 0) is 29.4 Å². The second kappa shape index (κ2) is 13.3. The Kier molecular flexibility index (Phi) is 8.63. The summed E-state index contributed by atoms with van der Waals surface area (Å²) in [6, 6.07) is 27.8. The van der Waals surface area contributed by atoms with Gasteiger partial charge in [-0.2, -0.15) is 5.01 Å². The van der Waals surface area contributed by atoms with Gasteiger partial charge in [-0.05, 0) is 73.1 Å². The van der Waals surface area contributed by atoms with Crippen molar-refractivity contribution in [3.05, 3.63) is 119 Å². The van der Waals surface area contributed by atoms with Gasteiger partial charge >= 0.3 is 5.97 Å². The molecule has 8 rings (SSSR count). The van der Waals surface area contributed by atoms with Crippen LogP contribution in [0.25, 0.3) is 10.8 Å². The number of aliphatic carboxylic acids is 1. The number of aromatic hydroxyl groups is 1.